The van der Waals surface area contributed by atoms with Gasteiger partial charge in [-0.2, -0.15) is 0 Å². The summed E-state index contributed by atoms with van der Waals surface area (Å²) in [4.78, 5) is 8.06. The summed E-state index contributed by atoms with van der Waals surface area (Å²) < 4.78 is 0.731. The Morgan fingerprint density at radius 1 is 1.26 bits per heavy atom. The van der Waals surface area contributed by atoms with Crippen molar-refractivity contribution in [1.82, 2.24) is 9.97 Å². The van der Waals surface area contributed by atoms with Gasteiger partial charge in [-0.3, -0.25) is 0 Å². The fraction of sp³-hybridized carbons (Fsp3) is 0.375. The van der Waals surface area contributed by atoms with Crippen molar-refractivity contribution in [3.63, 3.8) is 0 Å². The molecule has 0 saturated carbocycles. The number of aryl methyl sites for hydroxylation is 2. The van der Waals surface area contributed by atoms with Crippen LogP contribution >= 0.6 is 12.2 Å². The molecule has 0 fully saturated rings. The summed E-state index contributed by atoms with van der Waals surface area (Å²) in [5.41, 5.74) is 5.09. The van der Waals surface area contributed by atoms with Crippen molar-refractivity contribution >= 4 is 12.2 Å². The minimum absolute atomic E-state index is 0.367. The van der Waals surface area contributed by atoms with Crippen LogP contribution in [-0.2, 0) is 6.42 Å². The molecule has 1 aliphatic carbocycles. The van der Waals surface area contributed by atoms with Gasteiger partial charge in [0.1, 0.15) is 10.5 Å². The molecule has 1 heterocycles. The van der Waals surface area contributed by atoms with E-state index >= 15 is 0 Å². The van der Waals surface area contributed by atoms with Crippen molar-refractivity contribution in [2.24, 2.45) is 0 Å². The van der Waals surface area contributed by atoms with Crippen molar-refractivity contribution in [2.45, 2.75) is 39.0 Å². The third-order valence-corrected chi connectivity index (χ3v) is 4.52. The van der Waals surface area contributed by atoms with E-state index in [1.807, 2.05) is 6.92 Å². The first kappa shape index (κ1) is 12.5. The lowest BCUT2D eigenvalue weighted by molar-refractivity contribution is 0.587. The van der Waals surface area contributed by atoms with Gasteiger partial charge in [-0.1, -0.05) is 36.5 Å². The average molecular weight is 270 g/mol. The SMILES string of the molecule is Cc1[nH]c(C2CCCc3ccccc32)nc(=S)c1C. The van der Waals surface area contributed by atoms with Crippen LogP contribution in [0, 0.1) is 18.5 Å². The van der Waals surface area contributed by atoms with E-state index in [0.717, 1.165) is 28.1 Å². The van der Waals surface area contributed by atoms with Crippen LogP contribution in [0.25, 0.3) is 0 Å². The summed E-state index contributed by atoms with van der Waals surface area (Å²) in [5.74, 6) is 1.39. The molecule has 1 aromatic carbocycles. The van der Waals surface area contributed by atoms with E-state index in [4.69, 9.17) is 12.2 Å². The number of nitrogens with zero attached hydrogens (tertiary/aromatic N) is 1. The highest BCUT2D eigenvalue weighted by Gasteiger charge is 2.23. The molecule has 1 unspecified atom stereocenters. The zero-order chi connectivity index (χ0) is 13.4. The summed E-state index contributed by atoms with van der Waals surface area (Å²) >= 11 is 5.37. The summed E-state index contributed by atoms with van der Waals surface area (Å²) in [6, 6.07) is 8.70. The predicted molar refractivity (Wildman–Crippen MR) is 80.1 cm³/mol. The lowest BCUT2D eigenvalue weighted by atomic mass is 9.82. The van der Waals surface area contributed by atoms with Crippen LogP contribution in [0.2, 0.25) is 0 Å². The highest BCUT2D eigenvalue weighted by atomic mass is 32.1. The maximum atomic E-state index is 5.37. The summed E-state index contributed by atoms with van der Waals surface area (Å²) in [6.45, 7) is 4.10. The maximum Gasteiger partial charge on any atom is 0.132 e. The van der Waals surface area contributed by atoms with E-state index in [0.29, 0.717) is 5.92 Å². The van der Waals surface area contributed by atoms with E-state index in [-0.39, 0.29) is 0 Å². The van der Waals surface area contributed by atoms with Gasteiger partial charge in [0, 0.05) is 17.2 Å². The lowest BCUT2D eigenvalue weighted by Crippen LogP contribution is -2.14. The van der Waals surface area contributed by atoms with Crippen LogP contribution in [0.5, 0.6) is 0 Å². The fourth-order valence-corrected chi connectivity index (χ4v) is 3.12. The van der Waals surface area contributed by atoms with Gasteiger partial charge in [0.05, 0.1) is 0 Å². The topological polar surface area (TPSA) is 28.7 Å². The Kier molecular flexibility index (Phi) is 3.23. The molecule has 1 atom stereocenters. The standard InChI is InChI=1S/C16H18N2S/c1-10-11(2)17-15(18-16(10)19)14-9-5-7-12-6-3-4-8-13(12)14/h3-4,6,8,14H,5,7,9H2,1-2H3,(H,17,18,19). The van der Waals surface area contributed by atoms with Crippen LogP contribution < -0.4 is 0 Å². The molecule has 3 rings (SSSR count). The Morgan fingerprint density at radius 3 is 2.84 bits per heavy atom. The highest BCUT2D eigenvalue weighted by molar-refractivity contribution is 7.71. The van der Waals surface area contributed by atoms with Gasteiger partial charge in [0.15, 0.2) is 0 Å². The molecule has 1 N–H and O–H groups in total. The predicted octanol–water partition coefficient (Wildman–Crippen LogP) is 4.22. The quantitative estimate of drug-likeness (QED) is 0.786. The highest BCUT2D eigenvalue weighted by Crippen LogP contribution is 2.35. The molecule has 3 heteroatoms. The molecule has 2 aromatic rings. The van der Waals surface area contributed by atoms with E-state index in [9.17, 15) is 0 Å². The summed E-state index contributed by atoms with van der Waals surface area (Å²) in [7, 11) is 0. The van der Waals surface area contributed by atoms with Crippen molar-refractivity contribution < 1.29 is 0 Å². The minimum atomic E-state index is 0.367. The number of hydrogen-bond donors (Lipinski definition) is 1. The smallest absolute Gasteiger partial charge is 0.132 e. The Labute approximate surface area is 118 Å². The molecule has 0 aliphatic heterocycles. The lowest BCUT2D eigenvalue weighted by Gasteiger charge is -2.25. The number of aromatic amines is 1. The summed E-state index contributed by atoms with van der Waals surface area (Å²) in [6.07, 6.45) is 3.55. The molecule has 0 saturated heterocycles. The summed E-state index contributed by atoms with van der Waals surface area (Å²) in [5, 5.41) is 0. The number of nitrogens with one attached hydrogen (secondary N) is 1. The average Bonchev–Trinajstić information content (AvgIpc) is 2.43. The van der Waals surface area contributed by atoms with Crippen molar-refractivity contribution in [3.05, 3.63) is 57.1 Å². The first-order valence-electron chi connectivity index (χ1n) is 6.82. The van der Waals surface area contributed by atoms with Gasteiger partial charge in [0.25, 0.3) is 0 Å². The fourth-order valence-electron chi connectivity index (χ4n) is 2.87. The number of fused-ring (bicyclic) bond motifs is 1. The second-order valence-electron chi connectivity index (χ2n) is 5.32. The van der Waals surface area contributed by atoms with Crippen LogP contribution in [0.1, 0.15) is 47.0 Å². The molecule has 0 bridgehead atoms. The Morgan fingerprint density at radius 2 is 2.05 bits per heavy atom. The Bertz CT molecular complexity index is 673. The van der Waals surface area contributed by atoms with E-state index in [1.54, 1.807) is 0 Å². The number of hydrogen-bond acceptors (Lipinski definition) is 2. The molecule has 19 heavy (non-hydrogen) atoms. The van der Waals surface area contributed by atoms with Gasteiger partial charge in [-0.05, 0) is 44.2 Å². The molecular weight excluding hydrogens is 252 g/mol. The van der Waals surface area contributed by atoms with Crippen LogP contribution in [0.4, 0.5) is 0 Å². The second kappa shape index (κ2) is 4.89. The molecule has 2 nitrogen and oxygen atoms in total. The first-order chi connectivity index (χ1) is 9.16. The van der Waals surface area contributed by atoms with Gasteiger partial charge >= 0.3 is 0 Å². The molecular formula is C16H18N2S. The van der Waals surface area contributed by atoms with Gasteiger partial charge < -0.3 is 4.98 Å². The minimum Gasteiger partial charge on any atom is -0.347 e. The van der Waals surface area contributed by atoms with Crippen LogP contribution in [-0.4, -0.2) is 9.97 Å². The van der Waals surface area contributed by atoms with Gasteiger partial charge in [0.2, 0.25) is 0 Å². The van der Waals surface area contributed by atoms with E-state index in [1.165, 1.54) is 24.0 Å². The second-order valence-corrected chi connectivity index (χ2v) is 5.71. The third-order valence-electron chi connectivity index (χ3n) is 4.12. The van der Waals surface area contributed by atoms with E-state index in [2.05, 4.69) is 41.2 Å². The zero-order valence-corrected chi connectivity index (χ0v) is 12.2. The van der Waals surface area contributed by atoms with Crippen molar-refractivity contribution in [2.75, 3.05) is 0 Å². The van der Waals surface area contributed by atoms with Gasteiger partial charge in [-0.25, -0.2) is 4.98 Å². The van der Waals surface area contributed by atoms with Gasteiger partial charge in [-0.15, -0.1) is 0 Å². The molecule has 98 valence electrons. The van der Waals surface area contributed by atoms with E-state index < -0.39 is 0 Å². The number of rotatable bonds is 1. The molecule has 1 aliphatic rings. The molecule has 0 amide bonds. The molecule has 0 radical (unpaired) electrons. The maximum absolute atomic E-state index is 5.37. The largest absolute Gasteiger partial charge is 0.347 e. The number of benzene rings is 1. The normalized spacial score (nSPS) is 18.1. The van der Waals surface area contributed by atoms with Crippen molar-refractivity contribution in [1.29, 1.82) is 0 Å². The first-order valence-corrected chi connectivity index (χ1v) is 7.23. The molecule has 1 aromatic heterocycles. The Balaban J connectivity index is 2.12. The van der Waals surface area contributed by atoms with Crippen LogP contribution in [0.3, 0.4) is 0 Å². The van der Waals surface area contributed by atoms with Crippen LogP contribution in [0.15, 0.2) is 24.3 Å². The zero-order valence-electron chi connectivity index (χ0n) is 11.4. The number of aromatic nitrogens is 2. The van der Waals surface area contributed by atoms with Crippen molar-refractivity contribution in [3.8, 4) is 0 Å². The number of H-pyrrole nitrogens is 1. The third kappa shape index (κ3) is 2.23. The Hall–Kier alpha value is -1.48. The monoisotopic (exact) mass is 270 g/mol. The molecule has 0 spiro atoms.